The molecule has 24 heavy (non-hydrogen) atoms. The second-order valence-electron chi connectivity index (χ2n) is 6.40. The summed E-state index contributed by atoms with van der Waals surface area (Å²) in [6.45, 7) is 1.71. The van der Waals surface area contributed by atoms with Gasteiger partial charge in [0.2, 0.25) is 0 Å². The van der Waals surface area contributed by atoms with E-state index in [9.17, 15) is 18.0 Å². The predicted molar refractivity (Wildman–Crippen MR) is 88.9 cm³/mol. The van der Waals surface area contributed by atoms with E-state index in [0.29, 0.717) is 6.54 Å². The van der Waals surface area contributed by atoms with Gasteiger partial charge < -0.3 is 5.32 Å². The zero-order valence-corrected chi connectivity index (χ0v) is 14.4. The number of imide groups is 1. The first-order valence-electron chi connectivity index (χ1n) is 7.92. The van der Waals surface area contributed by atoms with Crippen molar-refractivity contribution in [3.8, 4) is 0 Å². The minimum Gasteiger partial charge on any atom is -0.326 e. The summed E-state index contributed by atoms with van der Waals surface area (Å²) in [5.74, 6) is -0.461. The molecule has 1 aromatic carbocycles. The lowest BCUT2D eigenvalue weighted by molar-refractivity contribution is -0.129. The normalized spacial score (nSPS) is 21.7. The Labute approximate surface area is 141 Å². The molecule has 0 aliphatic carbocycles. The maximum Gasteiger partial charge on any atom is 0.325 e. The lowest BCUT2D eigenvalue weighted by Gasteiger charge is -2.30. The minimum atomic E-state index is -3.16. The van der Waals surface area contributed by atoms with Gasteiger partial charge in [0.25, 0.3) is 5.91 Å². The summed E-state index contributed by atoms with van der Waals surface area (Å²) in [4.78, 5) is 27.7. The number of carbonyl (C=O) groups is 2. The van der Waals surface area contributed by atoms with E-state index in [-0.39, 0.29) is 24.7 Å². The van der Waals surface area contributed by atoms with Crippen molar-refractivity contribution in [3.05, 3.63) is 35.4 Å². The van der Waals surface area contributed by atoms with Crippen molar-refractivity contribution < 1.29 is 18.0 Å². The van der Waals surface area contributed by atoms with Gasteiger partial charge >= 0.3 is 6.03 Å². The summed E-state index contributed by atoms with van der Waals surface area (Å²) < 4.78 is 22.5. The number of hydrogen-bond acceptors (Lipinski definition) is 5. The van der Waals surface area contributed by atoms with Crippen LogP contribution in [0.2, 0.25) is 0 Å². The van der Waals surface area contributed by atoms with Crippen molar-refractivity contribution >= 4 is 21.8 Å². The Kier molecular flexibility index (Phi) is 4.60. The third-order valence-electron chi connectivity index (χ3n) is 4.44. The Balaban J connectivity index is 1.61. The second-order valence-corrected chi connectivity index (χ2v) is 8.66. The van der Waals surface area contributed by atoms with Gasteiger partial charge in [-0.25, -0.2) is 18.1 Å². The topological polar surface area (TPSA) is 86.8 Å². The van der Waals surface area contributed by atoms with E-state index in [1.165, 1.54) is 16.0 Å². The highest BCUT2D eigenvalue weighted by Crippen LogP contribution is 2.20. The summed E-state index contributed by atoms with van der Waals surface area (Å²) in [7, 11) is -3.16. The van der Waals surface area contributed by atoms with Gasteiger partial charge in [-0.3, -0.25) is 9.69 Å². The molecule has 2 aliphatic rings. The highest BCUT2D eigenvalue weighted by Gasteiger charge is 2.39. The molecule has 0 radical (unpaired) electrons. The largest absolute Gasteiger partial charge is 0.326 e. The number of nitrogens with zero attached hydrogens (tertiary/aromatic N) is 2. The van der Waals surface area contributed by atoms with Gasteiger partial charge in [0.05, 0.1) is 12.4 Å². The standard InChI is InChI=1S/C16H21N3O4S/c1-24(22,23)9-7-14-15(20)19(16(21)17-14)11-18-8-6-12-4-2-3-5-13(12)10-18/h2-5,14H,6-11H2,1H3,(H,17,21)/t14-/m1/s1. The second kappa shape index (κ2) is 6.52. The fourth-order valence-electron chi connectivity index (χ4n) is 3.11. The third-order valence-corrected chi connectivity index (χ3v) is 5.41. The average Bonchev–Trinajstić information content (AvgIpc) is 2.80. The van der Waals surface area contributed by atoms with E-state index in [1.54, 1.807) is 0 Å². The molecular formula is C16H21N3O4S. The van der Waals surface area contributed by atoms with E-state index in [0.717, 1.165) is 19.2 Å². The van der Waals surface area contributed by atoms with Crippen LogP contribution in [0.4, 0.5) is 4.79 Å². The van der Waals surface area contributed by atoms with E-state index in [4.69, 9.17) is 0 Å². The van der Waals surface area contributed by atoms with E-state index in [2.05, 4.69) is 22.3 Å². The van der Waals surface area contributed by atoms with Crippen LogP contribution in [0, 0.1) is 0 Å². The summed E-state index contributed by atoms with van der Waals surface area (Å²) in [5.41, 5.74) is 2.52. The molecule has 1 fully saturated rings. The maximum absolute atomic E-state index is 12.4. The molecule has 0 unspecified atom stereocenters. The molecule has 2 aliphatic heterocycles. The summed E-state index contributed by atoms with van der Waals surface area (Å²) >= 11 is 0. The van der Waals surface area contributed by atoms with Crippen LogP contribution in [-0.2, 0) is 27.6 Å². The quantitative estimate of drug-likeness (QED) is 0.774. The number of urea groups is 1. The van der Waals surface area contributed by atoms with Gasteiger partial charge in [0, 0.05) is 19.3 Å². The molecular weight excluding hydrogens is 330 g/mol. The van der Waals surface area contributed by atoms with Crippen molar-refractivity contribution in [2.24, 2.45) is 0 Å². The molecule has 0 saturated carbocycles. The Bertz CT molecular complexity index is 762. The molecule has 0 bridgehead atoms. The van der Waals surface area contributed by atoms with Gasteiger partial charge in [-0.05, 0) is 24.0 Å². The predicted octanol–water partition coefficient (Wildman–Crippen LogP) is 0.357. The number of hydrogen-bond donors (Lipinski definition) is 1. The molecule has 1 saturated heterocycles. The maximum atomic E-state index is 12.4. The van der Waals surface area contributed by atoms with Gasteiger partial charge in [0.15, 0.2) is 0 Å². The summed E-state index contributed by atoms with van der Waals surface area (Å²) in [5, 5.41) is 2.58. The molecule has 3 amide bonds. The number of nitrogens with one attached hydrogen (secondary N) is 1. The lowest BCUT2D eigenvalue weighted by atomic mass is 10.0. The van der Waals surface area contributed by atoms with Crippen LogP contribution >= 0.6 is 0 Å². The highest BCUT2D eigenvalue weighted by molar-refractivity contribution is 7.90. The Morgan fingerprint density at radius 2 is 1.92 bits per heavy atom. The van der Waals surface area contributed by atoms with Gasteiger partial charge in [-0.2, -0.15) is 0 Å². The monoisotopic (exact) mass is 351 g/mol. The molecule has 1 aromatic rings. The van der Waals surface area contributed by atoms with Crippen LogP contribution in [0.25, 0.3) is 0 Å². The van der Waals surface area contributed by atoms with Crippen LogP contribution < -0.4 is 5.32 Å². The summed E-state index contributed by atoms with van der Waals surface area (Å²) in [6, 6.07) is 6.96. The summed E-state index contributed by atoms with van der Waals surface area (Å²) in [6.07, 6.45) is 2.12. The van der Waals surface area contributed by atoms with Crippen molar-refractivity contribution in [3.63, 3.8) is 0 Å². The number of amides is 3. The van der Waals surface area contributed by atoms with Gasteiger partial charge in [-0.1, -0.05) is 24.3 Å². The molecule has 0 aromatic heterocycles. The zero-order chi connectivity index (χ0) is 17.3. The molecule has 1 N–H and O–H groups in total. The average molecular weight is 351 g/mol. The Hall–Kier alpha value is -1.93. The van der Waals surface area contributed by atoms with E-state index in [1.807, 2.05) is 12.1 Å². The molecule has 1 atom stereocenters. The number of benzene rings is 1. The molecule has 8 heteroatoms. The number of sulfone groups is 1. The first-order valence-corrected chi connectivity index (χ1v) is 9.98. The third kappa shape index (κ3) is 3.76. The van der Waals surface area contributed by atoms with Crippen molar-refractivity contribution in [1.82, 2.24) is 15.1 Å². The zero-order valence-electron chi connectivity index (χ0n) is 13.6. The molecule has 130 valence electrons. The fourth-order valence-corrected chi connectivity index (χ4v) is 3.78. The van der Waals surface area contributed by atoms with Crippen molar-refractivity contribution in [2.45, 2.75) is 25.4 Å². The van der Waals surface area contributed by atoms with Gasteiger partial charge in [0.1, 0.15) is 15.9 Å². The van der Waals surface area contributed by atoms with Crippen LogP contribution in [0.15, 0.2) is 24.3 Å². The number of carbonyl (C=O) groups excluding carboxylic acids is 2. The highest BCUT2D eigenvalue weighted by atomic mass is 32.2. The van der Waals surface area contributed by atoms with E-state index >= 15 is 0 Å². The molecule has 3 rings (SSSR count). The van der Waals surface area contributed by atoms with Crippen LogP contribution in [0.1, 0.15) is 17.5 Å². The molecule has 2 heterocycles. The Morgan fingerprint density at radius 1 is 1.21 bits per heavy atom. The van der Waals surface area contributed by atoms with Crippen molar-refractivity contribution in [2.75, 3.05) is 25.2 Å². The minimum absolute atomic E-state index is 0.114. The lowest BCUT2D eigenvalue weighted by Crippen LogP contribution is -2.44. The van der Waals surface area contributed by atoms with Crippen LogP contribution in [0.5, 0.6) is 0 Å². The first kappa shape index (κ1) is 16.9. The smallest absolute Gasteiger partial charge is 0.325 e. The van der Waals surface area contributed by atoms with Crippen molar-refractivity contribution in [1.29, 1.82) is 0 Å². The molecule has 0 spiro atoms. The SMILES string of the molecule is CS(=O)(=O)CC[C@H]1NC(=O)N(CN2CCc3ccccc3C2)C1=O. The first-order chi connectivity index (χ1) is 11.3. The van der Waals surface area contributed by atoms with Crippen LogP contribution in [0.3, 0.4) is 0 Å². The van der Waals surface area contributed by atoms with Gasteiger partial charge in [-0.15, -0.1) is 0 Å². The number of rotatable bonds is 5. The molecule has 7 nitrogen and oxygen atoms in total. The Morgan fingerprint density at radius 3 is 2.62 bits per heavy atom. The number of fused-ring (bicyclic) bond motifs is 1. The van der Waals surface area contributed by atoms with E-state index < -0.39 is 21.9 Å². The fraction of sp³-hybridized carbons (Fsp3) is 0.500. The van der Waals surface area contributed by atoms with Crippen LogP contribution in [-0.4, -0.2) is 61.4 Å².